The third kappa shape index (κ3) is 2.21. The van der Waals surface area contributed by atoms with Gasteiger partial charge >= 0.3 is 0 Å². The van der Waals surface area contributed by atoms with Crippen LogP contribution in [0.4, 0.5) is 5.69 Å². The molecular weight excluding hydrogens is 200 g/mol. The van der Waals surface area contributed by atoms with Crippen LogP contribution in [0, 0.1) is 0 Å². The second-order valence-electron chi connectivity index (χ2n) is 3.78. The van der Waals surface area contributed by atoms with E-state index < -0.39 is 0 Å². The van der Waals surface area contributed by atoms with Crippen LogP contribution in [0.1, 0.15) is 24.7 Å². The van der Waals surface area contributed by atoms with Gasteiger partial charge in [-0.05, 0) is 18.6 Å². The molecule has 16 heavy (non-hydrogen) atoms. The molecule has 2 heterocycles. The van der Waals surface area contributed by atoms with E-state index in [1.165, 1.54) is 0 Å². The molecule has 0 atom stereocenters. The molecule has 0 amide bonds. The van der Waals surface area contributed by atoms with Crippen molar-refractivity contribution in [2.24, 2.45) is 0 Å². The van der Waals surface area contributed by atoms with Gasteiger partial charge in [-0.25, -0.2) is 0 Å². The van der Waals surface area contributed by atoms with Gasteiger partial charge in [0.05, 0.1) is 29.8 Å². The Morgan fingerprint density at radius 1 is 1.38 bits per heavy atom. The van der Waals surface area contributed by atoms with Crippen molar-refractivity contribution in [3.05, 3.63) is 42.0 Å². The van der Waals surface area contributed by atoms with Crippen molar-refractivity contribution in [1.82, 2.24) is 14.8 Å². The van der Waals surface area contributed by atoms with Crippen molar-refractivity contribution in [2.45, 2.75) is 26.3 Å². The number of pyridine rings is 1. The quantitative estimate of drug-likeness (QED) is 0.848. The van der Waals surface area contributed by atoms with E-state index in [2.05, 4.69) is 17.0 Å². The number of aromatic nitrogens is 3. The average molecular weight is 216 g/mol. The van der Waals surface area contributed by atoms with E-state index in [4.69, 9.17) is 5.73 Å². The second-order valence-corrected chi connectivity index (χ2v) is 3.78. The molecule has 2 aromatic heterocycles. The zero-order valence-electron chi connectivity index (χ0n) is 9.43. The van der Waals surface area contributed by atoms with Crippen LogP contribution >= 0.6 is 0 Å². The first kappa shape index (κ1) is 10.7. The summed E-state index contributed by atoms with van der Waals surface area (Å²) in [5.74, 6) is 0. The van der Waals surface area contributed by atoms with E-state index in [0.717, 1.165) is 29.9 Å². The van der Waals surface area contributed by atoms with E-state index in [1.807, 2.05) is 22.9 Å². The van der Waals surface area contributed by atoms with E-state index in [-0.39, 0.29) is 0 Å². The molecule has 0 aliphatic rings. The van der Waals surface area contributed by atoms with Crippen LogP contribution in [0.3, 0.4) is 0 Å². The van der Waals surface area contributed by atoms with E-state index in [1.54, 1.807) is 12.4 Å². The van der Waals surface area contributed by atoms with Crippen LogP contribution in [-0.4, -0.2) is 14.8 Å². The fourth-order valence-electron chi connectivity index (χ4n) is 1.72. The fourth-order valence-corrected chi connectivity index (χ4v) is 1.72. The number of nitrogens with zero attached hydrogens (tertiary/aromatic N) is 3. The van der Waals surface area contributed by atoms with Crippen LogP contribution in [0.5, 0.6) is 0 Å². The van der Waals surface area contributed by atoms with Crippen LogP contribution in [0.2, 0.25) is 0 Å². The zero-order chi connectivity index (χ0) is 11.4. The highest BCUT2D eigenvalue weighted by atomic mass is 15.3. The normalized spacial score (nSPS) is 10.6. The van der Waals surface area contributed by atoms with Crippen LogP contribution in [0.15, 0.2) is 30.6 Å². The number of rotatable bonds is 4. The second kappa shape index (κ2) is 4.79. The Kier molecular flexibility index (Phi) is 3.19. The summed E-state index contributed by atoms with van der Waals surface area (Å²) in [7, 11) is 0. The van der Waals surface area contributed by atoms with Crippen molar-refractivity contribution in [3.8, 4) is 0 Å². The van der Waals surface area contributed by atoms with Crippen molar-refractivity contribution >= 4 is 5.69 Å². The van der Waals surface area contributed by atoms with Gasteiger partial charge in [-0.2, -0.15) is 5.10 Å². The molecule has 0 unspecified atom stereocenters. The SMILES string of the molecule is CCCc1c(N)cnn1Cc1ccccn1. The van der Waals surface area contributed by atoms with Crippen molar-refractivity contribution in [2.75, 3.05) is 5.73 Å². The van der Waals surface area contributed by atoms with E-state index >= 15 is 0 Å². The number of hydrogen-bond acceptors (Lipinski definition) is 3. The van der Waals surface area contributed by atoms with Gasteiger partial charge in [0.15, 0.2) is 0 Å². The summed E-state index contributed by atoms with van der Waals surface area (Å²) in [5.41, 5.74) is 8.76. The third-order valence-electron chi connectivity index (χ3n) is 2.51. The van der Waals surface area contributed by atoms with Gasteiger partial charge in [0.25, 0.3) is 0 Å². The molecule has 0 saturated carbocycles. The minimum atomic E-state index is 0.688. The molecule has 2 rings (SSSR count). The summed E-state index contributed by atoms with van der Waals surface area (Å²) in [6.07, 6.45) is 5.53. The Bertz CT molecular complexity index is 447. The van der Waals surface area contributed by atoms with Gasteiger partial charge < -0.3 is 5.73 Å². The van der Waals surface area contributed by atoms with Gasteiger partial charge in [0.1, 0.15) is 0 Å². The summed E-state index contributed by atoms with van der Waals surface area (Å²) in [6.45, 7) is 2.82. The topological polar surface area (TPSA) is 56.7 Å². The monoisotopic (exact) mass is 216 g/mol. The predicted molar refractivity (Wildman–Crippen MR) is 64.0 cm³/mol. The number of nitrogens with two attached hydrogens (primary N) is 1. The Hall–Kier alpha value is -1.84. The van der Waals surface area contributed by atoms with Crippen molar-refractivity contribution in [3.63, 3.8) is 0 Å². The molecular formula is C12H16N4. The van der Waals surface area contributed by atoms with Gasteiger partial charge in [-0.3, -0.25) is 9.67 Å². The summed E-state index contributed by atoms with van der Waals surface area (Å²) >= 11 is 0. The van der Waals surface area contributed by atoms with E-state index in [0.29, 0.717) is 6.54 Å². The summed E-state index contributed by atoms with van der Waals surface area (Å²) in [4.78, 5) is 4.28. The number of anilines is 1. The molecule has 0 saturated heterocycles. The molecule has 2 aromatic rings. The lowest BCUT2D eigenvalue weighted by Gasteiger charge is -2.06. The maximum Gasteiger partial charge on any atom is 0.0835 e. The van der Waals surface area contributed by atoms with E-state index in [9.17, 15) is 0 Å². The molecule has 4 heteroatoms. The predicted octanol–water partition coefficient (Wildman–Crippen LogP) is 1.86. The minimum absolute atomic E-state index is 0.688. The third-order valence-corrected chi connectivity index (χ3v) is 2.51. The average Bonchev–Trinajstić information content (AvgIpc) is 2.64. The van der Waals surface area contributed by atoms with Gasteiger partial charge in [-0.15, -0.1) is 0 Å². The molecule has 0 fully saturated rings. The summed E-state index contributed by atoms with van der Waals surface area (Å²) < 4.78 is 1.93. The van der Waals surface area contributed by atoms with Gasteiger partial charge in [-0.1, -0.05) is 19.4 Å². The van der Waals surface area contributed by atoms with Crippen molar-refractivity contribution < 1.29 is 0 Å². The highest BCUT2D eigenvalue weighted by molar-refractivity contribution is 5.41. The van der Waals surface area contributed by atoms with Gasteiger partial charge in [0, 0.05) is 6.20 Å². The van der Waals surface area contributed by atoms with Crippen LogP contribution < -0.4 is 5.73 Å². The lowest BCUT2D eigenvalue weighted by molar-refractivity contribution is 0.628. The molecule has 84 valence electrons. The Morgan fingerprint density at radius 2 is 2.25 bits per heavy atom. The lowest BCUT2D eigenvalue weighted by Crippen LogP contribution is -2.08. The molecule has 0 aromatic carbocycles. The maximum atomic E-state index is 5.88. The highest BCUT2D eigenvalue weighted by Gasteiger charge is 2.07. The smallest absolute Gasteiger partial charge is 0.0835 e. The molecule has 0 bridgehead atoms. The molecule has 4 nitrogen and oxygen atoms in total. The van der Waals surface area contributed by atoms with Gasteiger partial charge in [0.2, 0.25) is 0 Å². The summed E-state index contributed by atoms with van der Waals surface area (Å²) in [6, 6.07) is 5.89. The first-order chi connectivity index (χ1) is 7.81. The number of hydrogen-bond donors (Lipinski definition) is 1. The van der Waals surface area contributed by atoms with Crippen molar-refractivity contribution in [1.29, 1.82) is 0 Å². The minimum Gasteiger partial charge on any atom is -0.396 e. The summed E-state index contributed by atoms with van der Waals surface area (Å²) in [5, 5.41) is 4.28. The standard InChI is InChI=1S/C12H16N4/c1-2-5-12-11(13)8-15-16(12)9-10-6-3-4-7-14-10/h3-4,6-8H,2,5,9,13H2,1H3. The lowest BCUT2D eigenvalue weighted by atomic mass is 10.2. The molecule has 0 aliphatic heterocycles. The van der Waals surface area contributed by atoms with Crippen LogP contribution in [0.25, 0.3) is 0 Å². The first-order valence-electron chi connectivity index (χ1n) is 5.51. The zero-order valence-corrected chi connectivity index (χ0v) is 9.43. The Labute approximate surface area is 95.1 Å². The molecule has 0 spiro atoms. The number of nitrogen functional groups attached to an aromatic ring is 1. The largest absolute Gasteiger partial charge is 0.396 e. The fraction of sp³-hybridized carbons (Fsp3) is 0.333. The molecule has 2 N–H and O–H groups in total. The highest BCUT2D eigenvalue weighted by Crippen LogP contribution is 2.14. The van der Waals surface area contributed by atoms with Crippen LogP contribution in [-0.2, 0) is 13.0 Å². The first-order valence-corrected chi connectivity index (χ1v) is 5.51. The maximum absolute atomic E-state index is 5.88. The Balaban J connectivity index is 2.21. The Morgan fingerprint density at radius 3 is 2.94 bits per heavy atom. The molecule has 0 radical (unpaired) electrons. The molecule has 0 aliphatic carbocycles.